The monoisotopic (exact) mass is 316 g/mol. The van der Waals surface area contributed by atoms with Crippen LogP contribution in [0.1, 0.15) is 29.6 Å². The largest absolute Gasteiger partial charge is 0.271 e. The van der Waals surface area contributed by atoms with Crippen molar-refractivity contribution in [1.82, 2.24) is 9.80 Å². The van der Waals surface area contributed by atoms with Gasteiger partial charge in [0.15, 0.2) is 0 Å². The maximum Gasteiger partial charge on any atom is 0.124 e. The van der Waals surface area contributed by atoms with E-state index < -0.39 is 0 Å². The van der Waals surface area contributed by atoms with Gasteiger partial charge in [0.05, 0.1) is 18.8 Å². The third-order valence-electron chi connectivity index (χ3n) is 4.46. The molecule has 0 radical (unpaired) electrons. The first-order chi connectivity index (χ1) is 11.8. The summed E-state index contributed by atoms with van der Waals surface area (Å²) in [5.74, 6) is 0. The fourth-order valence-corrected chi connectivity index (χ4v) is 3.28. The maximum atomic E-state index is 9.66. The van der Waals surface area contributed by atoms with Gasteiger partial charge in [0.2, 0.25) is 0 Å². The lowest BCUT2D eigenvalue weighted by atomic mass is 10.0. The molecule has 4 heteroatoms. The number of rotatable bonds is 4. The SMILES string of the molecule is N#CC(c1ccccc1)N1CCCN(C(C#N)c2ccccc2)C1. The molecule has 0 bridgehead atoms. The predicted octanol–water partition coefficient (Wildman–Crippen LogP) is 3.48. The molecule has 24 heavy (non-hydrogen) atoms. The molecule has 2 unspecified atom stereocenters. The fourth-order valence-electron chi connectivity index (χ4n) is 3.28. The van der Waals surface area contributed by atoms with Crippen LogP contribution in [0.4, 0.5) is 0 Å². The molecule has 2 atom stereocenters. The molecule has 4 nitrogen and oxygen atoms in total. The summed E-state index contributed by atoms with van der Waals surface area (Å²) in [6, 6.07) is 24.0. The van der Waals surface area contributed by atoms with Gasteiger partial charge in [0, 0.05) is 13.1 Å². The van der Waals surface area contributed by atoms with E-state index in [9.17, 15) is 10.5 Å². The molecule has 0 amide bonds. The molecule has 0 saturated carbocycles. The molecular weight excluding hydrogens is 296 g/mol. The zero-order valence-corrected chi connectivity index (χ0v) is 13.5. The van der Waals surface area contributed by atoms with Crippen LogP contribution in [0.15, 0.2) is 60.7 Å². The smallest absolute Gasteiger partial charge is 0.124 e. The quantitative estimate of drug-likeness (QED) is 0.866. The Bertz CT molecular complexity index is 666. The summed E-state index contributed by atoms with van der Waals surface area (Å²) in [7, 11) is 0. The highest BCUT2D eigenvalue weighted by molar-refractivity contribution is 5.26. The Morgan fingerprint density at radius 1 is 0.708 bits per heavy atom. The summed E-state index contributed by atoms with van der Waals surface area (Å²) in [5, 5.41) is 19.3. The predicted molar refractivity (Wildman–Crippen MR) is 92.5 cm³/mol. The number of nitrogens with zero attached hydrogens (tertiary/aromatic N) is 4. The van der Waals surface area contributed by atoms with E-state index in [0.717, 1.165) is 30.6 Å². The van der Waals surface area contributed by atoms with Crippen LogP contribution in [-0.4, -0.2) is 29.6 Å². The minimum Gasteiger partial charge on any atom is -0.271 e. The molecular formula is C20H20N4. The Kier molecular flexibility index (Phi) is 5.23. The van der Waals surface area contributed by atoms with Gasteiger partial charge in [-0.3, -0.25) is 9.80 Å². The fraction of sp³-hybridized carbons (Fsp3) is 0.300. The normalized spacial score (nSPS) is 18.2. The van der Waals surface area contributed by atoms with E-state index >= 15 is 0 Å². The van der Waals surface area contributed by atoms with Gasteiger partial charge in [-0.2, -0.15) is 10.5 Å². The van der Waals surface area contributed by atoms with Crippen molar-refractivity contribution in [2.75, 3.05) is 19.8 Å². The van der Waals surface area contributed by atoms with Crippen molar-refractivity contribution in [2.24, 2.45) is 0 Å². The summed E-state index contributed by atoms with van der Waals surface area (Å²) in [4.78, 5) is 4.32. The third-order valence-corrected chi connectivity index (χ3v) is 4.46. The Morgan fingerprint density at radius 2 is 1.12 bits per heavy atom. The van der Waals surface area contributed by atoms with Crippen molar-refractivity contribution < 1.29 is 0 Å². The van der Waals surface area contributed by atoms with Crippen LogP contribution >= 0.6 is 0 Å². The standard InChI is InChI=1S/C20H20N4/c21-14-19(17-8-3-1-4-9-17)23-12-7-13-24(16-23)20(15-22)18-10-5-2-6-11-18/h1-6,8-11,19-20H,7,12-13,16H2. The molecule has 2 aromatic rings. The summed E-state index contributed by atoms with van der Waals surface area (Å²) in [5.41, 5.74) is 2.02. The van der Waals surface area contributed by atoms with E-state index in [1.807, 2.05) is 60.7 Å². The lowest BCUT2D eigenvalue weighted by Crippen LogP contribution is -2.47. The number of nitriles is 2. The summed E-state index contributed by atoms with van der Waals surface area (Å²) in [6.07, 6.45) is 0.954. The molecule has 0 aliphatic carbocycles. The topological polar surface area (TPSA) is 54.1 Å². The Balaban J connectivity index is 1.79. The highest BCUT2D eigenvalue weighted by Crippen LogP contribution is 2.27. The summed E-state index contributed by atoms with van der Waals surface area (Å²) >= 11 is 0. The molecule has 0 aromatic heterocycles. The summed E-state index contributed by atoms with van der Waals surface area (Å²) < 4.78 is 0. The maximum absolute atomic E-state index is 9.66. The van der Waals surface area contributed by atoms with Gasteiger partial charge in [-0.25, -0.2) is 0 Å². The lowest BCUT2D eigenvalue weighted by Gasteiger charge is -2.39. The second-order valence-corrected chi connectivity index (χ2v) is 6.00. The molecule has 1 aliphatic heterocycles. The lowest BCUT2D eigenvalue weighted by molar-refractivity contribution is 0.0514. The zero-order valence-electron chi connectivity index (χ0n) is 13.5. The van der Waals surface area contributed by atoms with Crippen LogP contribution in [0.2, 0.25) is 0 Å². The first-order valence-corrected chi connectivity index (χ1v) is 8.20. The Morgan fingerprint density at radius 3 is 1.50 bits per heavy atom. The van der Waals surface area contributed by atoms with E-state index in [1.165, 1.54) is 0 Å². The minimum absolute atomic E-state index is 0.274. The molecule has 1 saturated heterocycles. The van der Waals surface area contributed by atoms with Gasteiger partial charge in [0.1, 0.15) is 12.1 Å². The van der Waals surface area contributed by atoms with E-state index in [-0.39, 0.29) is 12.1 Å². The first kappa shape index (κ1) is 16.2. The second-order valence-electron chi connectivity index (χ2n) is 6.00. The van der Waals surface area contributed by atoms with Crippen LogP contribution in [0, 0.1) is 22.7 Å². The molecule has 1 aliphatic rings. The van der Waals surface area contributed by atoms with Crippen LogP contribution in [-0.2, 0) is 0 Å². The van der Waals surface area contributed by atoms with Gasteiger partial charge >= 0.3 is 0 Å². The molecule has 0 N–H and O–H groups in total. The van der Waals surface area contributed by atoms with Gasteiger partial charge in [-0.05, 0) is 17.5 Å². The van der Waals surface area contributed by atoms with Crippen LogP contribution in [0.3, 0.4) is 0 Å². The number of hydrogen-bond donors (Lipinski definition) is 0. The molecule has 2 aromatic carbocycles. The van der Waals surface area contributed by atoms with Crippen molar-refractivity contribution in [2.45, 2.75) is 18.5 Å². The molecule has 3 rings (SSSR count). The van der Waals surface area contributed by atoms with Crippen LogP contribution < -0.4 is 0 Å². The zero-order chi connectivity index (χ0) is 16.8. The molecule has 1 heterocycles. The summed E-state index contributed by atoms with van der Waals surface area (Å²) in [6.45, 7) is 2.37. The average molecular weight is 316 g/mol. The van der Waals surface area contributed by atoms with E-state index in [2.05, 4.69) is 21.9 Å². The number of benzene rings is 2. The van der Waals surface area contributed by atoms with E-state index in [1.54, 1.807) is 0 Å². The van der Waals surface area contributed by atoms with Crippen molar-refractivity contribution in [1.29, 1.82) is 10.5 Å². The molecule has 0 spiro atoms. The number of hydrogen-bond acceptors (Lipinski definition) is 4. The highest BCUT2D eigenvalue weighted by Gasteiger charge is 2.29. The van der Waals surface area contributed by atoms with Crippen LogP contribution in [0.5, 0.6) is 0 Å². The van der Waals surface area contributed by atoms with Crippen LogP contribution in [0.25, 0.3) is 0 Å². The Labute approximate surface area is 143 Å². The molecule has 1 fully saturated rings. The van der Waals surface area contributed by atoms with Gasteiger partial charge in [0.25, 0.3) is 0 Å². The highest BCUT2D eigenvalue weighted by atomic mass is 15.4. The van der Waals surface area contributed by atoms with Gasteiger partial charge < -0.3 is 0 Å². The van der Waals surface area contributed by atoms with Crippen molar-refractivity contribution in [3.63, 3.8) is 0 Å². The molecule has 120 valence electrons. The third kappa shape index (κ3) is 3.46. The average Bonchev–Trinajstić information content (AvgIpc) is 2.65. The van der Waals surface area contributed by atoms with Crippen molar-refractivity contribution >= 4 is 0 Å². The Hall–Kier alpha value is -2.66. The minimum atomic E-state index is -0.274. The van der Waals surface area contributed by atoms with E-state index in [4.69, 9.17) is 0 Å². The second kappa shape index (κ2) is 7.75. The first-order valence-electron chi connectivity index (χ1n) is 8.20. The van der Waals surface area contributed by atoms with Crippen molar-refractivity contribution in [3.8, 4) is 12.1 Å². The van der Waals surface area contributed by atoms with Gasteiger partial charge in [-0.15, -0.1) is 0 Å². The van der Waals surface area contributed by atoms with Gasteiger partial charge in [-0.1, -0.05) is 60.7 Å². The van der Waals surface area contributed by atoms with E-state index in [0.29, 0.717) is 6.67 Å². The van der Waals surface area contributed by atoms with Crippen molar-refractivity contribution in [3.05, 3.63) is 71.8 Å².